The van der Waals surface area contributed by atoms with Gasteiger partial charge in [-0.3, -0.25) is 9.67 Å². The van der Waals surface area contributed by atoms with E-state index in [0.29, 0.717) is 18.1 Å². The molecule has 1 aromatic heterocycles. The smallest absolute Gasteiger partial charge is 0.195 e. The summed E-state index contributed by atoms with van der Waals surface area (Å²) in [5.41, 5.74) is 2.13. The third kappa shape index (κ3) is 5.70. The molecule has 136 valence electrons. The SMILES string of the molecule is CCOc1cc(NC(=NC)NCCCc2cnn(C)c2)ccc1OC. The van der Waals surface area contributed by atoms with Gasteiger partial charge in [0.1, 0.15) is 0 Å². The van der Waals surface area contributed by atoms with Crippen molar-refractivity contribution in [3.05, 3.63) is 36.2 Å². The lowest BCUT2D eigenvalue weighted by Crippen LogP contribution is -2.31. The minimum absolute atomic E-state index is 0.584. The molecule has 7 heteroatoms. The number of ether oxygens (including phenoxy) is 2. The van der Waals surface area contributed by atoms with Gasteiger partial charge < -0.3 is 20.1 Å². The lowest BCUT2D eigenvalue weighted by atomic mass is 10.2. The van der Waals surface area contributed by atoms with Gasteiger partial charge in [-0.25, -0.2) is 0 Å². The summed E-state index contributed by atoms with van der Waals surface area (Å²) in [4.78, 5) is 4.26. The quantitative estimate of drug-likeness (QED) is 0.437. The van der Waals surface area contributed by atoms with E-state index in [9.17, 15) is 0 Å². The first kappa shape index (κ1) is 18.6. The maximum Gasteiger partial charge on any atom is 0.195 e. The summed E-state index contributed by atoms with van der Waals surface area (Å²) in [6.07, 6.45) is 5.92. The van der Waals surface area contributed by atoms with Crippen molar-refractivity contribution in [2.75, 3.05) is 32.6 Å². The molecule has 0 fully saturated rings. The van der Waals surface area contributed by atoms with E-state index < -0.39 is 0 Å². The standard InChI is InChI=1S/C18H27N5O2/c1-5-25-17-11-15(8-9-16(17)24-4)22-18(19-2)20-10-6-7-14-12-21-23(3)13-14/h8-9,11-13H,5-7,10H2,1-4H3,(H2,19,20,22). The van der Waals surface area contributed by atoms with Crippen LogP contribution in [-0.2, 0) is 13.5 Å². The van der Waals surface area contributed by atoms with Crippen molar-refractivity contribution < 1.29 is 9.47 Å². The number of hydrogen-bond acceptors (Lipinski definition) is 4. The highest BCUT2D eigenvalue weighted by Gasteiger charge is 2.07. The predicted octanol–water partition coefficient (Wildman–Crippen LogP) is 2.45. The number of nitrogens with zero attached hydrogens (tertiary/aromatic N) is 3. The van der Waals surface area contributed by atoms with Crippen molar-refractivity contribution in [3.8, 4) is 11.5 Å². The Balaban J connectivity index is 1.85. The van der Waals surface area contributed by atoms with Gasteiger partial charge in [0, 0.05) is 38.6 Å². The fourth-order valence-corrected chi connectivity index (χ4v) is 2.44. The molecule has 2 N–H and O–H groups in total. The Bertz CT molecular complexity index is 697. The highest BCUT2D eigenvalue weighted by Crippen LogP contribution is 2.30. The summed E-state index contributed by atoms with van der Waals surface area (Å²) in [5.74, 6) is 2.15. The van der Waals surface area contributed by atoms with E-state index in [0.717, 1.165) is 31.0 Å². The molecule has 1 aromatic carbocycles. The number of rotatable bonds is 8. The molecule has 0 atom stereocenters. The molecule has 0 saturated heterocycles. The molecule has 25 heavy (non-hydrogen) atoms. The zero-order valence-electron chi connectivity index (χ0n) is 15.4. The number of benzene rings is 1. The van der Waals surface area contributed by atoms with E-state index in [1.54, 1.807) is 14.2 Å². The Hall–Kier alpha value is -2.70. The van der Waals surface area contributed by atoms with E-state index >= 15 is 0 Å². The fourth-order valence-electron chi connectivity index (χ4n) is 2.44. The van der Waals surface area contributed by atoms with Gasteiger partial charge in [0.15, 0.2) is 17.5 Å². The van der Waals surface area contributed by atoms with Gasteiger partial charge >= 0.3 is 0 Å². The maximum absolute atomic E-state index is 5.60. The molecule has 0 aliphatic heterocycles. The Kier molecular flexibility index (Phi) is 7.13. The number of methoxy groups -OCH3 is 1. The molecule has 0 unspecified atom stereocenters. The van der Waals surface area contributed by atoms with E-state index in [-0.39, 0.29) is 0 Å². The summed E-state index contributed by atoms with van der Waals surface area (Å²) in [5, 5.41) is 10.8. The van der Waals surface area contributed by atoms with Gasteiger partial charge in [-0.05, 0) is 37.5 Å². The van der Waals surface area contributed by atoms with Crippen LogP contribution in [0.2, 0.25) is 0 Å². The number of guanidine groups is 1. The Morgan fingerprint density at radius 3 is 2.80 bits per heavy atom. The van der Waals surface area contributed by atoms with Crippen LogP contribution < -0.4 is 20.1 Å². The van der Waals surface area contributed by atoms with Crippen LogP contribution in [-0.4, -0.2) is 43.0 Å². The van der Waals surface area contributed by atoms with Crippen LogP contribution in [0, 0.1) is 0 Å². The van der Waals surface area contributed by atoms with Gasteiger partial charge in [0.25, 0.3) is 0 Å². The first-order chi connectivity index (χ1) is 12.2. The first-order valence-corrected chi connectivity index (χ1v) is 8.42. The highest BCUT2D eigenvalue weighted by molar-refractivity contribution is 5.93. The second-order valence-electron chi connectivity index (χ2n) is 5.55. The molecule has 2 aromatic rings. The summed E-state index contributed by atoms with van der Waals surface area (Å²) in [6, 6.07) is 5.72. The molecule has 0 aliphatic carbocycles. The monoisotopic (exact) mass is 345 g/mol. The van der Waals surface area contributed by atoms with Crippen molar-refractivity contribution in [1.82, 2.24) is 15.1 Å². The second-order valence-corrected chi connectivity index (χ2v) is 5.55. The van der Waals surface area contributed by atoms with Gasteiger partial charge in [-0.15, -0.1) is 0 Å². The average Bonchev–Trinajstić information content (AvgIpc) is 3.03. The van der Waals surface area contributed by atoms with E-state index in [1.165, 1.54) is 5.56 Å². The van der Waals surface area contributed by atoms with Gasteiger partial charge in [0.05, 0.1) is 19.9 Å². The molecule has 0 amide bonds. The van der Waals surface area contributed by atoms with Gasteiger partial charge in [-0.1, -0.05) is 0 Å². The normalized spacial score (nSPS) is 11.3. The van der Waals surface area contributed by atoms with Gasteiger partial charge in [0.2, 0.25) is 0 Å². The summed E-state index contributed by atoms with van der Waals surface area (Å²) in [7, 11) is 5.32. The molecule has 7 nitrogen and oxygen atoms in total. The molecule has 0 radical (unpaired) electrons. The van der Waals surface area contributed by atoms with Crippen LogP contribution in [0.1, 0.15) is 18.9 Å². The van der Waals surface area contributed by atoms with E-state index in [2.05, 4.69) is 20.7 Å². The lowest BCUT2D eigenvalue weighted by Gasteiger charge is -2.14. The van der Waals surface area contributed by atoms with Gasteiger partial charge in [-0.2, -0.15) is 5.10 Å². The molecule has 1 heterocycles. The molecule has 2 rings (SSSR count). The first-order valence-electron chi connectivity index (χ1n) is 8.42. The Morgan fingerprint density at radius 1 is 1.32 bits per heavy atom. The number of hydrogen-bond donors (Lipinski definition) is 2. The van der Waals surface area contributed by atoms with Crippen molar-refractivity contribution in [3.63, 3.8) is 0 Å². The molecule has 0 bridgehead atoms. The zero-order chi connectivity index (χ0) is 18.1. The van der Waals surface area contributed by atoms with Crippen LogP contribution in [0.25, 0.3) is 0 Å². The van der Waals surface area contributed by atoms with Crippen LogP contribution in [0.3, 0.4) is 0 Å². The lowest BCUT2D eigenvalue weighted by molar-refractivity contribution is 0.311. The number of aromatic nitrogens is 2. The predicted molar refractivity (Wildman–Crippen MR) is 101 cm³/mol. The number of aryl methyl sites for hydroxylation is 2. The van der Waals surface area contributed by atoms with E-state index in [1.807, 2.05) is 49.2 Å². The van der Waals surface area contributed by atoms with Crippen LogP contribution >= 0.6 is 0 Å². The minimum Gasteiger partial charge on any atom is -0.493 e. The maximum atomic E-state index is 5.60. The van der Waals surface area contributed by atoms with Crippen LogP contribution in [0.4, 0.5) is 5.69 Å². The van der Waals surface area contributed by atoms with Crippen molar-refractivity contribution in [2.24, 2.45) is 12.0 Å². The number of anilines is 1. The topological polar surface area (TPSA) is 72.7 Å². The van der Waals surface area contributed by atoms with Crippen molar-refractivity contribution in [2.45, 2.75) is 19.8 Å². The molecule has 0 saturated carbocycles. The van der Waals surface area contributed by atoms with Crippen molar-refractivity contribution >= 4 is 11.6 Å². The largest absolute Gasteiger partial charge is 0.493 e. The minimum atomic E-state index is 0.584. The molecular weight excluding hydrogens is 318 g/mol. The number of aliphatic imine (C=N–C) groups is 1. The molecular formula is C18H27N5O2. The van der Waals surface area contributed by atoms with E-state index in [4.69, 9.17) is 9.47 Å². The third-order valence-electron chi connectivity index (χ3n) is 3.64. The molecule has 0 spiro atoms. The highest BCUT2D eigenvalue weighted by atomic mass is 16.5. The second kappa shape index (κ2) is 9.56. The van der Waals surface area contributed by atoms with Crippen LogP contribution in [0.15, 0.2) is 35.6 Å². The summed E-state index contributed by atoms with van der Waals surface area (Å²) in [6.45, 7) is 3.35. The summed E-state index contributed by atoms with van der Waals surface area (Å²) < 4.78 is 12.7. The zero-order valence-corrected chi connectivity index (χ0v) is 15.4. The Labute approximate surface area is 149 Å². The Morgan fingerprint density at radius 2 is 2.16 bits per heavy atom. The molecule has 0 aliphatic rings. The fraction of sp³-hybridized carbons (Fsp3) is 0.444. The third-order valence-corrected chi connectivity index (χ3v) is 3.64. The van der Waals surface area contributed by atoms with Crippen molar-refractivity contribution in [1.29, 1.82) is 0 Å². The summed E-state index contributed by atoms with van der Waals surface area (Å²) >= 11 is 0. The number of nitrogens with one attached hydrogen (secondary N) is 2. The average molecular weight is 345 g/mol. The van der Waals surface area contributed by atoms with Crippen LogP contribution in [0.5, 0.6) is 11.5 Å².